The molecule has 4 aliphatic rings. The van der Waals surface area contributed by atoms with E-state index in [2.05, 4.69) is 38.4 Å². The average Bonchev–Trinajstić information content (AvgIpc) is 3.29. The largest absolute Gasteiger partial charge is 0.508 e. The fraction of sp³-hybridized carbons (Fsp3) is 0.500. The summed E-state index contributed by atoms with van der Waals surface area (Å²) in [6.07, 6.45) is 5.00. The lowest BCUT2D eigenvalue weighted by molar-refractivity contribution is 0.0967. The van der Waals surface area contributed by atoms with Crippen molar-refractivity contribution in [3.8, 4) is 11.8 Å². The zero-order chi connectivity index (χ0) is 27.4. The Hall–Kier alpha value is -2.95. The van der Waals surface area contributed by atoms with E-state index in [1.807, 2.05) is 18.2 Å². The number of hydrogen-bond acceptors (Lipinski definition) is 8. The molecule has 2 bridgehead atoms. The molecule has 5 heterocycles. The number of amides is 1. The molecule has 0 radical (unpaired) electrons. The molecule has 0 spiro atoms. The molecule has 0 aliphatic carbocycles. The van der Waals surface area contributed by atoms with Gasteiger partial charge in [0.2, 0.25) is 0 Å². The number of aromatic hydroxyl groups is 1. The first-order valence-electron chi connectivity index (χ1n) is 14.4. The van der Waals surface area contributed by atoms with Gasteiger partial charge in [-0.3, -0.25) is 4.79 Å². The quantitative estimate of drug-likeness (QED) is 0.400. The number of piperazine rings is 1. The van der Waals surface area contributed by atoms with Gasteiger partial charge in [-0.2, -0.15) is 9.97 Å². The Labute approximate surface area is 242 Å². The number of rotatable bonds is 5. The highest BCUT2D eigenvalue weighted by molar-refractivity contribution is 9.10. The van der Waals surface area contributed by atoms with Crippen molar-refractivity contribution >= 4 is 44.1 Å². The summed E-state index contributed by atoms with van der Waals surface area (Å²) in [5, 5.41) is 19.4. The molecule has 10 heteroatoms. The third kappa shape index (κ3) is 4.69. The molecule has 210 valence electrons. The van der Waals surface area contributed by atoms with Crippen LogP contribution in [0.5, 0.6) is 11.8 Å². The van der Waals surface area contributed by atoms with Crippen molar-refractivity contribution in [3.05, 3.63) is 46.1 Å². The zero-order valence-corrected chi connectivity index (χ0v) is 24.3. The Kier molecular flexibility index (Phi) is 6.59. The van der Waals surface area contributed by atoms with Gasteiger partial charge in [0.15, 0.2) is 0 Å². The molecule has 4 aliphatic heterocycles. The van der Waals surface area contributed by atoms with Gasteiger partial charge in [0.05, 0.1) is 12.3 Å². The van der Waals surface area contributed by atoms with Crippen LogP contribution in [-0.4, -0.2) is 72.4 Å². The van der Waals surface area contributed by atoms with Crippen LogP contribution in [0.1, 0.15) is 48.7 Å². The van der Waals surface area contributed by atoms with E-state index in [-0.39, 0.29) is 23.1 Å². The maximum Gasteiger partial charge on any atom is 0.319 e. The Morgan fingerprint density at radius 1 is 1.15 bits per heavy atom. The number of anilines is 2. The number of ether oxygens (including phenoxy) is 1. The minimum atomic E-state index is -0.191. The summed E-state index contributed by atoms with van der Waals surface area (Å²) in [6.45, 7) is 6.92. The van der Waals surface area contributed by atoms with Crippen LogP contribution in [-0.2, 0) is 6.42 Å². The predicted molar refractivity (Wildman–Crippen MR) is 159 cm³/mol. The highest BCUT2D eigenvalue weighted by atomic mass is 79.9. The van der Waals surface area contributed by atoms with Crippen molar-refractivity contribution in [2.24, 2.45) is 5.41 Å². The summed E-state index contributed by atoms with van der Waals surface area (Å²) in [5.41, 5.74) is 2.01. The second-order valence-corrected chi connectivity index (χ2v) is 12.9. The van der Waals surface area contributed by atoms with E-state index >= 15 is 0 Å². The van der Waals surface area contributed by atoms with Gasteiger partial charge in [-0.15, -0.1) is 0 Å². The molecule has 1 aromatic heterocycles. The third-order valence-electron chi connectivity index (χ3n) is 9.06. The van der Waals surface area contributed by atoms with E-state index in [1.165, 1.54) is 0 Å². The van der Waals surface area contributed by atoms with E-state index in [0.29, 0.717) is 43.0 Å². The second-order valence-electron chi connectivity index (χ2n) is 12.1. The van der Waals surface area contributed by atoms with E-state index in [1.54, 1.807) is 17.0 Å². The predicted octanol–water partition coefficient (Wildman–Crippen LogP) is 4.01. The molecule has 7 rings (SSSR count). The van der Waals surface area contributed by atoms with Gasteiger partial charge in [0.1, 0.15) is 17.3 Å². The molecule has 1 amide bonds. The van der Waals surface area contributed by atoms with Gasteiger partial charge in [-0.25, -0.2) is 0 Å². The fourth-order valence-electron chi connectivity index (χ4n) is 6.81. The van der Waals surface area contributed by atoms with Crippen molar-refractivity contribution in [2.45, 2.75) is 51.1 Å². The maximum absolute atomic E-state index is 14.2. The Morgan fingerprint density at radius 2 is 1.93 bits per heavy atom. The van der Waals surface area contributed by atoms with Crippen LogP contribution in [0.4, 0.5) is 11.5 Å². The number of nitrogens with zero attached hydrogens (tertiary/aromatic N) is 4. The number of nitrogens with one attached hydrogen (secondary N) is 2. The topological polar surface area (TPSA) is 103 Å². The second kappa shape index (κ2) is 10.2. The molecular weight excluding hydrogens is 572 g/mol. The van der Waals surface area contributed by atoms with Crippen LogP contribution in [0.2, 0.25) is 0 Å². The third-order valence-corrected chi connectivity index (χ3v) is 9.72. The first-order chi connectivity index (χ1) is 19.4. The van der Waals surface area contributed by atoms with Crippen LogP contribution in [0.15, 0.2) is 34.8 Å². The van der Waals surface area contributed by atoms with Gasteiger partial charge < -0.3 is 30.3 Å². The Balaban J connectivity index is 1.28. The van der Waals surface area contributed by atoms with E-state index < -0.39 is 0 Å². The normalized spacial score (nSPS) is 23.9. The monoisotopic (exact) mass is 606 g/mol. The van der Waals surface area contributed by atoms with Crippen LogP contribution in [0.25, 0.3) is 10.8 Å². The number of aromatic nitrogens is 2. The van der Waals surface area contributed by atoms with Gasteiger partial charge in [-0.1, -0.05) is 35.0 Å². The first-order valence-corrected chi connectivity index (χ1v) is 15.1. The van der Waals surface area contributed by atoms with Crippen molar-refractivity contribution in [1.82, 2.24) is 20.6 Å². The van der Waals surface area contributed by atoms with Crippen molar-refractivity contribution < 1.29 is 14.6 Å². The van der Waals surface area contributed by atoms with Crippen molar-refractivity contribution in [1.29, 1.82) is 0 Å². The number of halogens is 1. The molecule has 2 aromatic carbocycles. The number of piperidine rings is 1. The number of phenolic OH excluding ortho intramolecular Hbond substituents is 1. The summed E-state index contributed by atoms with van der Waals surface area (Å²) >= 11 is 3.66. The molecular formula is C30H35BrN6O3. The maximum atomic E-state index is 14.2. The minimum Gasteiger partial charge on any atom is -0.508 e. The van der Waals surface area contributed by atoms with E-state index in [4.69, 9.17) is 14.7 Å². The summed E-state index contributed by atoms with van der Waals surface area (Å²) < 4.78 is 7.18. The summed E-state index contributed by atoms with van der Waals surface area (Å²) in [7, 11) is 0. The number of phenols is 1. The van der Waals surface area contributed by atoms with Crippen LogP contribution < -0.4 is 25.2 Å². The molecule has 3 N–H and O–H groups in total. The smallest absolute Gasteiger partial charge is 0.319 e. The van der Waals surface area contributed by atoms with E-state index in [0.717, 1.165) is 78.5 Å². The number of fused-ring (bicyclic) bond motifs is 4. The lowest BCUT2D eigenvalue weighted by atomic mass is 9.82. The zero-order valence-electron chi connectivity index (χ0n) is 22.8. The average molecular weight is 608 g/mol. The molecule has 0 saturated carbocycles. The number of hydrogen-bond donors (Lipinski definition) is 3. The molecule has 2 unspecified atom stereocenters. The summed E-state index contributed by atoms with van der Waals surface area (Å²) in [5.74, 6) is 0.769. The summed E-state index contributed by atoms with van der Waals surface area (Å²) in [6, 6.07) is 10.4. The van der Waals surface area contributed by atoms with Gasteiger partial charge in [0.25, 0.3) is 5.91 Å². The van der Waals surface area contributed by atoms with Gasteiger partial charge >= 0.3 is 6.01 Å². The summed E-state index contributed by atoms with van der Waals surface area (Å²) in [4.78, 5) is 28.0. The van der Waals surface area contributed by atoms with Crippen LogP contribution >= 0.6 is 15.9 Å². The molecule has 40 heavy (non-hydrogen) atoms. The standard InChI is InChI=1S/C30H35BrN6O3/c1-30(8-10-32-11-9-30)17-40-29-34-26-22(27(35-29)36-15-19-5-6-20(16-36)33-19)7-12-37(28(26)39)24-14-21(38)13-18-3-2-4-23(31)25(18)24/h2-4,13-14,19-20,32-33,38H,5-12,15-17H2,1H3. The number of carbonyl (C=O) groups excluding carboxylic acids is 1. The van der Waals surface area contributed by atoms with E-state index in [9.17, 15) is 9.90 Å². The highest BCUT2D eigenvalue weighted by Gasteiger charge is 2.38. The van der Waals surface area contributed by atoms with Crippen LogP contribution in [0, 0.1) is 5.41 Å². The lowest BCUT2D eigenvalue weighted by Gasteiger charge is -2.37. The Morgan fingerprint density at radius 3 is 2.70 bits per heavy atom. The molecule has 3 saturated heterocycles. The number of benzene rings is 2. The Bertz CT molecular complexity index is 1460. The molecule has 9 nitrogen and oxygen atoms in total. The van der Waals surface area contributed by atoms with Crippen molar-refractivity contribution in [2.75, 3.05) is 49.1 Å². The van der Waals surface area contributed by atoms with Crippen molar-refractivity contribution in [3.63, 3.8) is 0 Å². The van der Waals surface area contributed by atoms with Crippen LogP contribution in [0.3, 0.4) is 0 Å². The first kappa shape index (κ1) is 26.0. The molecule has 2 atom stereocenters. The SMILES string of the molecule is CC1(COc2nc3c(c(N4CC5CCC(C4)N5)n2)CCN(c2cc(O)cc4cccc(Br)c24)C3=O)CCNCC1. The van der Waals surface area contributed by atoms with Gasteiger partial charge in [-0.05, 0) is 62.7 Å². The lowest BCUT2D eigenvalue weighted by Crippen LogP contribution is -2.52. The highest BCUT2D eigenvalue weighted by Crippen LogP contribution is 2.40. The number of carbonyl (C=O) groups is 1. The fourth-order valence-corrected chi connectivity index (χ4v) is 7.39. The van der Waals surface area contributed by atoms with Gasteiger partial charge in [0, 0.05) is 58.6 Å². The molecule has 3 fully saturated rings. The minimum absolute atomic E-state index is 0.0433. The molecule has 3 aromatic rings.